The van der Waals surface area contributed by atoms with E-state index in [9.17, 15) is 4.79 Å². The van der Waals surface area contributed by atoms with Gasteiger partial charge in [0.05, 0.1) is 19.3 Å². The lowest BCUT2D eigenvalue weighted by Crippen LogP contribution is -2.38. The standard InChI is InChI=1S/C28H22Cl2N2O2/c1-34-23-11-7-18(8-12-23)17-32-26-13-10-22(29)16-24(26)27(30)31-25(28(32)33)15-19-6-9-20-4-2-3-5-21(20)14-19/h2-14,16,25H,15,17H2,1H3. The Kier molecular flexibility index (Phi) is 6.27. The van der Waals surface area contributed by atoms with Gasteiger partial charge in [0, 0.05) is 17.0 Å². The van der Waals surface area contributed by atoms with Crippen molar-refractivity contribution in [2.75, 3.05) is 12.0 Å². The van der Waals surface area contributed by atoms with Crippen molar-refractivity contribution in [3.63, 3.8) is 0 Å². The maximum absolute atomic E-state index is 13.8. The summed E-state index contributed by atoms with van der Waals surface area (Å²) >= 11 is 12.9. The van der Waals surface area contributed by atoms with Gasteiger partial charge in [0.15, 0.2) is 0 Å². The fourth-order valence-electron chi connectivity index (χ4n) is 4.27. The van der Waals surface area contributed by atoms with Gasteiger partial charge >= 0.3 is 0 Å². The van der Waals surface area contributed by atoms with Gasteiger partial charge in [-0.25, -0.2) is 0 Å². The molecule has 1 atom stereocenters. The molecular weight excluding hydrogens is 467 g/mol. The number of benzodiazepines with no additional fused rings is 1. The number of hydrogen-bond donors (Lipinski definition) is 0. The van der Waals surface area contributed by atoms with Crippen molar-refractivity contribution in [3.05, 3.63) is 107 Å². The van der Waals surface area contributed by atoms with Crippen molar-refractivity contribution >= 4 is 50.7 Å². The number of hydrogen-bond acceptors (Lipinski definition) is 3. The first-order valence-corrected chi connectivity index (χ1v) is 11.7. The molecule has 6 heteroatoms. The lowest BCUT2D eigenvalue weighted by molar-refractivity contribution is -0.119. The minimum Gasteiger partial charge on any atom is -0.497 e. The zero-order valence-electron chi connectivity index (χ0n) is 18.5. The van der Waals surface area contributed by atoms with Gasteiger partial charge < -0.3 is 9.64 Å². The Morgan fingerprint density at radius 3 is 2.38 bits per heavy atom. The Balaban J connectivity index is 1.52. The molecule has 1 heterocycles. The summed E-state index contributed by atoms with van der Waals surface area (Å²) in [6.07, 6.45) is 0.445. The summed E-state index contributed by atoms with van der Waals surface area (Å²) in [5, 5.41) is 3.11. The van der Waals surface area contributed by atoms with E-state index < -0.39 is 6.04 Å². The van der Waals surface area contributed by atoms with Gasteiger partial charge in [-0.15, -0.1) is 0 Å². The van der Waals surface area contributed by atoms with Gasteiger partial charge in [-0.05, 0) is 52.2 Å². The van der Waals surface area contributed by atoms with E-state index in [1.54, 1.807) is 24.1 Å². The highest BCUT2D eigenvalue weighted by Gasteiger charge is 2.31. The molecule has 0 fully saturated rings. The van der Waals surface area contributed by atoms with Crippen LogP contribution >= 0.6 is 23.2 Å². The van der Waals surface area contributed by atoms with E-state index in [0.29, 0.717) is 29.2 Å². The number of anilines is 1. The highest BCUT2D eigenvalue weighted by molar-refractivity contribution is 6.70. The number of aliphatic imine (C=N–C) groups is 1. The van der Waals surface area contributed by atoms with E-state index in [-0.39, 0.29) is 11.1 Å². The van der Waals surface area contributed by atoms with E-state index in [2.05, 4.69) is 29.3 Å². The highest BCUT2D eigenvalue weighted by atomic mass is 35.5. The van der Waals surface area contributed by atoms with Crippen LogP contribution in [0.5, 0.6) is 5.75 Å². The van der Waals surface area contributed by atoms with Gasteiger partial charge in [0.25, 0.3) is 5.91 Å². The summed E-state index contributed by atoms with van der Waals surface area (Å²) in [6.45, 7) is 0.380. The number of carbonyl (C=O) groups is 1. The van der Waals surface area contributed by atoms with Crippen LogP contribution in [0.25, 0.3) is 10.8 Å². The van der Waals surface area contributed by atoms with Crippen LogP contribution < -0.4 is 9.64 Å². The molecule has 0 saturated carbocycles. The molecule has 0 bridgehead atoms. The first kappa shape index (κ1) is 22.5. The third-order valence-electron chi connectivity index (χ3n) is 6.03. The predicted octanol–water partition coefficient (Wildman–Crippen LogP) is 6.65. The second-order valence-corrected chi connectivity index (χ2v) is 9.05. The number of methoxy groups -OCH3 is 1. The fraction of sp³-hybridized carbons (Fsp3) is 0.143. The molecule has 1 unspecified atom stereocenters. The summed E-state index contributed by atoms with van der Waals surface area (Å²) in [5.41, 5.74) is 3.34. The van der Waals surface area contributed by atoms with Crippen LogP contribution in [0.4, 0.5) is 5.69 Å². The van der Waals surface area contributed by atoms with Crippen LogP contribution in [0.15, 0.2) is 89.9 Å². The SMILES string of the molecule is COc1ccc(CN2C(=O)C(Cc3ccc4ccccc4c3)N=C(Cl)c3cc(Cl)ccc32)cc1. The molecule has 1 aliphatic rings. The zero-order chi connectivity index (χ0) is 23.7. The molecule has 34 heavy (non-hydrogen) atoms. The minimum absolute atomic E-state index is 0.108. The molecule has 1 aliphatic heterocycles. The third-order valence-corrected chi connectivity index (χ3v) is 6.57. The van der Waals surface area contributed by atoms with E-state index in [1.807, 2.05) is 48.5 Å². The zero-order valence-corrected chi connectivity index (χ0v) is 20.1. The van der Waals surface area contributed by atoms with Gasteiger partial charge in [0.1, 0.15) is 17.0 Å². The summed E-state index contributed by atoms with van der Waals surface area (Å²) in [7, 11) is 1.63. The van der Waals surface area contributed by atoms with Crippen molar-refractivity contribution in [2.45, 2.75) is 19.0 Å². The molecule has 5 rings (SSSR count). The van der Waals surface area contributed by atoms with Gasteiger partial charge in [0.2, 0.25) is 0 Å². The van der Waals surface area contributed by atoms with Crippen LogP contribution in [-0.2, 0) is 17.8 Å². The maximum Gasteiger partial charge on any atom is 0.252 e. The monoisotopic (exact) mass is 488 g/mol. The molecule has 0 aliphatic carbocycles. The second kappa shape index (κ2) is 9.49. The quantitative estimate of drug-likeness (QED) is 0.315. The van der Waals surface area contributed by atoms with Gasteiger partial charge in [-0.3, -0.25) is 9.79 Å². The number of amides is 1. The number of rotatable bonds is 5. The van der Waals surface area contributed by atoms with E-state index in [1.165, 1.54) is 0 Å². The van der Waals surface area contributed by atoms with Crippen molar-refractivity contribution in [3.8, 4) is 5.75 Å². The Hall–Kier alpha value is -3.34. The Bertz CT molecular complexity index is 1400. The van der Waals surface area contributed by atoms with Crippen LogP contribution in [0.1, 0.15) is 16.7 Å². The normalized spacial score (nSPS) is 15.6. The smallest absolute Gasteiger partial charge is 0.252 e. The summed E-state index contributed by atoms with van der Waals surface area (Å²) in [6, 6.07) is 26.8. The number of nitrogens with zero attached hydrogens (tertiary/aromatic N) is 2. The summed E-state index contributed by atoms with van der Waals surface area (Å²) in [5.74, 6) is 0.655. The topological polar surface area (TPSA) is 41.9 Å². The Morgan fingerprint density at radius 2 is 1.62 bits per heavy atom. The number of fused-ring (bicyclic) bond motifs is 2. The highest BCUT2D eigenvalue weighted by Crippen LogP contribution is 2.32. The first-order valence-electron chi connectivity index (χ1n) is 11.0. The summed E-state index contributed by atoms with van der Waals surface area (Å²) < 4.78 is 5.27. The predicted molar refractivity (Wildman–Crippen MR) is 139 cm³/mol. The maximum atomic E-state index is 13.8. The van der Waals surface area contributed by atoms with Gasteiger partial charge in [-0.2, -0.15) is 0 Å². The number of benzene rings is 4. The van der Waals surface area contributed by atoms with Crippen LogP contribution in [0.2, 0.25) is 5.02 Å². The average Bonchev–Trinajstić information content (AvgIpc) is 2.95. The molecule has 0 aromatic heterocycles. The molecule has 170 valence electrons. The average molecular weight is 489 g/mol. The lowest BCUT2D eigenvalue weighted by atomic mass is 10.0. The second-order valence-electron chi connectivity index (χ2n) is 8.26. The Morgan fingerprint density at radius 1 is 0.882 bits per heavy atom. The summed E-state index contributed by atoms with van der Waals surface area (Å²) in [4.78, 5) is 20.2. The lowest BCUT2D eigenvalue weighted by Gasteiger charge is -2.25. The van der Waals surface area contributed by atoms with Crippen molar-refractivity contribution in [2.24, 2.45) is 4.99 Å². The van der Waals surface area contributed by atoms with Crippen molar-refractivity contribution < 1.29 is 9.53 Å². The fourth-order valence-corrected chi connectivity index (χ4v) is 4.71. The molecular formula is C28H22Cl2N2O2. The molecule has 4 nitrogen and oxygen atoms in total. The minimum atomic E-state index is -0.655. The molecule has 1 amide bonds. The largest absolute Gasteiger partial charge is 0.497 e. The molecule has 0 spiro atoms. The van der Waals surface area contributed by atoms with Crippen molar-refractivity contribution in [1.82, 2.24) is 0 Å². The van der Waals surface area contributed by atoms with Crippen LogP contribution in [0, 0.1) is 0 Å². The van der Waals surface area contributed by atoms with E-state index >= 15 is 0 Å². The molecule has 0 radical (unpaired) electrons. The van der Waals surface area contributed by atoms with Crippen LogP contribution in [-0.4, -0.2) is 24.2 Å². The molecule has 0 N–H and O–H groups in total. The third kappa shape index (κ3) is 4.52. The number of halogens is 2. The molecule has 4 aromatic carbocycles. The Labute approximate surface area is 208 Å². The van der Waals surface area contributed by atoms with E-state index in [0.717, 1.165) is 27.6 Å². The van der Waals surface area contributed by atoms with E-state index in [4.69, 9.17) is 27.9 Å². The molecule has 4 aromatic rings. The van der Waals surface area contributed by atoms with Gasteiger partial charge in [-0.1, -0.05) is 77.8 Å². The van der Waals surface area contributed by atoms with Crippen LogP contribution in [0.3, 0.4) is 0 Å². The number of ether oxygens (including phenoxy) is 1. The molecule has 0 saturated heterocycles. The first-order chi connectivity index (χ1) is 16.5. The number of carbonyl (C=O) groups excluding carboxylic acids is 1. The van der Waals surface area contributed by atoms with Crippen molar-refractivity contribution in [1.29, 1.82) is 0 Å².